The summed E-state index contributed by atoms with van der Waals surface area (Å²) in [5.41, 5.74) is -0.225. The summed E-state index contributed by atoms with van der Waals surface area (Å²) in [6, 6.07) is 1.23. The Morgan fingerprint density at radius 3 is 2.83 bits per heavy atom. The molecule has 98 valence electrons. The summed E-state index contributed by atoms with van der Waals surface area (Å²) in [6.45, 7) is 3.16. The van der Waals surface area contributed by atoms with Gasteiger partial charge in [0, 0.05) is 19.3 Å². The van der Waals surface area contributed by atoms with Crippen molar-refractivity contribution in [1.82, 2.24) is 9.88 Å². The third-order valence-corrected chi connectivity index (χ3v) is 3.03. The van der Waals surface area contributed by atoms with E-state index in [-0.39, 0.29) is 5.56 Å². The molecule has 0 aliphatic heterocycles. The van der Waals surface area contributed by atoms with E-state index in [2.05, 4.69) is 4.98 Å². The molecule has 2 rings (SSSR count). The molecular weight excluding hydrogens is 238 g/mol. The molecule has 1 aromatic heterocycles. The third-order valence-electron chi connectivity index (χ3n) is 3.03. The van der Waals surface area contributed by atoms with Crippen molar-refractivity contribution in [3.63, 3.8) is 0 Å². The summed E-state index contributed by atoms with van der Waals surface area (Å²) in [5, 5.41) is 0. The number of hydrogen-bond acceptors (Lipinski definition) is 2. The second-order valence-corrected chi connectivity index (χ2v) is 4.66. The molecule has 1 aliphatic carbocycles. The molecule has 0 bridgehead atoms. The van der Waals surface area contributed by atoms with Crippen molar-refractivity contribution in [1.29, 1.82) is 0 Å². The highest BCUT2D eigenvalue weighted by Crippen LogP contribution is 2.30. The maximum atomic E-state index is 13.5. The minimum atomic E-state index is -1.22. The Balaban J connectivity index is 2.17. The molecule has 3 nitrogen and oxygen atoms in total. The van der Waals surface area contributed by atoms with Crippen LogP contribution < -0.4 is 0 Å². The van der Waals surface area contributed by atoms with Gasteiger partial charge in [0.25, 0.3) is 5.91 Å². The largest absolute Gasteiger partial charge is 0.338 e. The van der Waals surface area contributed by atoms with Crippen molar-refractivity contribution in [2.24, 2.45) is 5.92 Å². The van der Waals surface area contributed by atoms with Crippen LogP contribution in [0, 0.1) is 17.7 Å². The number of carbonyl (C=O) groups is 1. The quantitative estimate of drug-likeness (QED) is 0.757. The molecular formula is C13H16F2N2O. The number of hydrogen-bond donors (Lipinski definition) is 0. The molecule has 0 unspecified atom stereocenters. The van der Waals surface area contributed by atoms with Gasteiger partial charge in [0.05, 0.1) is 5.56 Å². The smallest absolute Gasteiger partial charge is 0.257 e. The van der Waals surface area contributed by atoms with Gasteiger partial charge >= 0.3 is 0 Å². The molecule has 5 heteroatoms. The number of carbonyl (C=O) groups excluding carboxylic acids is 1. The van der Waals surface area contributed by atoms with Gasteiger partial charge < -0.3 is 4.90 Å². The molecule has 0 spiro atoms. The van der Waals surface area contributed by atoms with Crippen LogP contribution in [0.3, 0.4) is 0 Å². The van der Waals surface area contributed by atoms with E-state index in [4.69, 9.17) is 0 Å². The first-order valence-electron chi connectivity index (χ1n) is 6.22. The lowest BCUT2D eigenvalue weighted by atomic mass is 10.2. The molecule has 1 heterocycles. The lowest BCUT2D eigenvalue weighted by Crippen LogP contribution is -2.34. The van der Waals surface area contributed by atoms with Crippen LogP contribution in [0.25, 0.3) is 0 Å². The van der Waals surface area contributed by atoms with Crippen LogP contribution in [0.2, 0.25) is 0 Å². The van der Waals surface area contributed by atoms with Crippen LogP contribution in [0.15, 0.2) is 12.3 Å². The molecule has 1 fully saturated rings. The minimum absolute atomic E-state index is 0.225. The van der Waals surface area contributed by atoms with Crippen molar-refractivity contribution in [3.05, 3.63) is 29.6 Å². The van der Waals surface area contributed by atoms with E-state index in [1.54, 1.807) is 4.90 Å². The summed E-state index contributed by atoms with van der Waals surface area (Å²) in [4.78, 5) is 17.0. The summed E-state index contributed by atoms with van der Waals surface area (Å²) >= 11 is 0. The standard InChI is InChI=1S/C13H16F2N2O/c1-2-7-17(8-9-3-4-9)13(18)10-5-6-16-12(15)11(10)14/h5-6,9H,2-4,7-8H2,1H3. The van der Waals surface area contributed by atoms with Crippen molar-refractivity contribution in [2.45, 2.75) is 26.2 Å². The summed E-state index contributed by atoms with van der Waals surface area (Å²) in [6.07, 6.45) is 4.14. The lowest BCUT2D eigenvalue weighted by molar-refractivity contribution is 0.0741. The highest BCUT2D eigenvalue weighted by molar-refractivity contribution is 5.94. The fourth-order valence-corrected chi connectivity index (χ4v) is 1.91. The van der Waals surface area contributed by atoms with E-state index in [0.717, 1.165) is 25.5 Å². The zero-order valence-electron chi connectivity index (χ0n) is 10.3. The molecule has 0 aromatic carbocycles. The molecule has 1 aliphatic rings. The SMILES string of the molecule is CCCN(CC1CC1)C(=O)c1ccnc(F)c1F. The van der Waals surface area contributed by atoms with Gasteiger partial charge in [-0.25, -0.2) is 9.37 Å². The fraction of sp³-hybridized carbons (Fsp3) is 0.538. The maximum absolute atomic E-state index is 13.5. The van der Waals surface area contributed by atoms with E-state index in [9.17, 15) is 13.6 Å². The molecule has 0 saturated heterocycles. The predicted octanol–water partition coefficient (Wildman–Crippen LogP) is 2.62. The van der Waals surface area contributed by atoms with Gasteiger partial charge in [-0.2, -0.15) is 4.39 Å². The second-order valence-electron chi connectivity index (χ2n) is 4.66. The van der Waals surface area contributed by atoms with Crippen molar-refractivity contribution >= 4 is 5.91 Å². The Kier molecular flexibility index (Phi) is 3.89. The van der Waals surface area contributed by atoms with Crippen LogP contribution in [0.5, 0.6) is 0 Å². The number of amides is 1. The van der Waals surface area contributed by atoms with Gasteiger partial charge in [-0.1, -0.05) is 6.92 Å². The van der Waals surface area contributed by atoms with Gasteiger partial charge in [0.1, 0.15) is 0 Å². The van der Waals surface area contributed by atoms with Gasteiger partial charge in [-0.05, 0) is 31.2 Å². The van der Waals surface area contributed by atoms with Gasteiger partial charge in [-0.3, -0.25) is 4.79 Å². The fourth-order valence-electron chi connectivity index (χ4n) is 1.91. The Hall–Kier alpha value is -1.52. The van der Waals surface area contributed by atoms with Crippen LogP contribution in [-0.2, 0) is 0 Å². The zero-order chi connectivity index (χ0) is 13.1. The third kappa shape index (κ3) is 2.83. The molecule has 0 N–H and O–H groups in total. The molecule has 0 radical (unpaired) electrons. The minimum Gasteiger partial charge on any atom is -0.338 e. The number of aromatic nitrogens is 1. The van der Waals surface area contributed by atoms with Crippen molar-refractivity contribution in [2.75, 3.05) is 13.1 Å². The molecule has 1 saturated carbocycles. The zero-order valence-corrected chi connectivity index (χ0v) is 10.3. The number of nitrogens with zero attached hydrogens (tertiary/aromatic N) is 2. The van der Waals surface area contributed by atoms with Crippen molar-refractivity contribution < 1.29 is 13.6 Å². The van der Waals surface area contributed by atoms with Crippen LogP contribution in [-0.4, -0.2) is 28.9 Å². The van der Waals surface area contributed by atoms with E-state index in [0.29, 0.717) is 19.0 Å². The Bertz CT molecular complexity index is 447. The Morgan fingerprint density at radius 2 is 2.22 bits per heavy atom. The van der Waals surface area contributed by atoms with Gasteiger partial charge in [0.2, 0.25) is 5.95 Å². The first-order valence-corrected chi connectivity index (χ1v) is 6.22. The first-order chi connectivity index (χ1) is 8.63. The first kappa shape index (κ1) is 12.9. The molecule has 0 atom stereocenters. The van der Waals surface area contributed by atoms with Crippen LogP contribution in [0.4, 0.5) is 8.78 Å². The maximum Gasteiger partial charge on any atom is 0.257 e. The molecule has 1 amide bonds. The highest BCUT2D eigenvalue weighted by atomic mass is 19.2. The Morgan fingerprint density at radius 1 is 1.50 bits per heavy atom. The monoisotopic (exact) mass is 254 g/mol. The normalized spacial score (nSPS) is 14.6. The average molecular weight is 254 g/mol. The molecule has 18 heavy (non-hydrogen) atoms. The van der Waals surface area contributed by atoms with E-state index in [1.807, 2.05) is 6.92 Å². The number of halogens is 2. The van der Waals surface area contributed by atoms with Crippen molar-refractivity contribution in [3.8, 4) is 0 Å². The number of rotatable bonds is 5. The average Bonchev–Trinajstić information content (AvgIpc) is 3.15. The second kappa shape index (κ2) is 5.42. The van der Waals surface area contributed by atoms with Crippen LogP contribution >= 0.6 is 0 Å². The molecule has 1 aromatic rings. The van der Waals surface area contributed by atoms with E-state index in [1.165, 1.54) is 6.07 Å². The van der Waals surface area contributed by atoms with Gasteiger partial charge in [-0.15, -0.1) is 0 Å². The highest BCUT2D eigenvalue weighted by Gasteiger charge is 2.28. The number of pyridine rings is 1. The topological polar surface area (TPSA) is 33.2 Å². The summed E-state index contributed by atoms with van der Waals surface area (Å²) < 4.78 is 26.5. The Labute approximate surface area is 105 Å². The van der Waals surface area contributed by atoms with Gasteiger partial charge in [0.15, 0.2) is 5.82 Å². The predicted molar refractivity (Wildman–Crippen MR) is 63.1 cm³/mol. The van der Waals surface area contributed by atoms with E-state index >= 15 is 0 Å². The van der Waals surface area contributed by atoms with E-state index < -0.39 is 17.7 Å². The van der Waals surface area contributed by atoms with Crippen LogP contribution in [0.1, 0.15) is 36.5 Å². The lowest BCUT2D eigenvalue weighted by Gasteiger charge is -2.22. The summed E-state index contributed by atoms with van der Waals surface area (Å²) in [5.74, 6) is -2.29. The summed E-state index contributed by atoms with van der Waals surface area (Å²) in [7, 11) is 0.